The first-order valence-corrected chi connectivity index (χ1v) is 21.3. The zero-order valence-corrected chi connectivity index (χ0v) is 37.0. The summed E-state index contributed by atoms with van der Waals surface area (Å²) in [5, 5.41) is 10.5. The fourth-order valence-corrected chi connectivity index (χ4v) is 7.92. The lowest BCUT2D eigenvalue weighted by atomic mass is 9.79. The molecule has 2 aliphatic rings. The fraction of sp³-hybridized carbons (Fsp3) is 0.543. The Hall–Kier alpha value is -4.19. The molecule has 1 saturated heterocycles. The van der Waals surface area contributed by atoms with Crippen molar-refractivity contribution in [3.05, 3.63) is 86.9 Å². The van der Waals surface area contributed by atoms with Crippen LogP contribution in [-0.4, -0.2) is 91.1 Å². The zero-order valence-electron chi connectivity index (χ0n) is 35.5. The van der Waals surface area contributed by atoms with E-state index >= 15 is 0 Å². The number of ether oxygens (including phenoxy) is 5. The quantitative estimate of drug-likeness (QED) is 0.117. The lowest BCUT2D eigenvalue weighted by Crippen LogP contribution is -2.51. The molecule has 0 spiro atoms. The molecule has 1 aliphatic heterocycles. The molecule has 3 aromatic rings. The third kappa shape index (κ3) is 13.4. The van der Waals surface area contributed by atoms with Gasteiger partial charge in [-0.3, -0.25) is 9.59 Å². The number of aliphatic carboxylic acids is 1. The van der Waals surface area contributed by atoms with Crippen LogP contribution in [0.5, 0.6) is 17.2 Å². The Balaban J connectivity index is 1.34. The van der Waals surface area contributed by atoms with Crippen LogP contribution >= 0.6 is 23.2 Å². The number of carboxylic acids is 1. The second kappa shape index (κ2) is 20.4. The molecule has 1 N–H and O–H groups in total. The lowest BCUT2D eigenvalue weighted by Gasteiger charge is -2.40. The third-order valence-electron chi connectivity index (χ3n) is 10.7. The van der Waals surface area contributed by atoms with Crippen molar-refractivity contribution in [2.75, 3.05) is 46.6 Å². The normalized spacial score (nSPS) is 17.0. The van der Waals surface area contributed by atoms with E-state index in [2.05, 4.69) is 6.07 Å². The molecular weight excluding hydrogens is 795 g/mol. The number of amides is 2. The van der Waals surface area contributed by atoms with E-state index in [0.29, 0.717) is 59.8 Å². The van der Waals surface area contributed by atoms with Crippen molar-refractivity contribution < 1.29 is 43.2 Å². The fourth-order valence-electron chi connectivity index (χ4n) is 7.21. The van der Waals surface area contributed by atoms with Crippen LogP contribution in [0.15, 0.2) is 54.6 Å². The number of aryl methyl sites for hydroxylation is 2. The highest BCUT2D eigenvalue weighted by Crippen LogP contribution is 2.39. The Labute approximate surface area is 359 Å². The molecule has 13 heteroatoms. The van der Waals surface area contributed by atoms with Gasteiger partial charge in [0.15, 0.2) is 5.75 Å². The van der Waals surface area contributed by atoms with E-state index in [1.165, 1.54) is 0 Å². The first kappa shape index (κ1) is 45.9. The molecule has 1 saturated carbocycles. The first-order valence-electron chi connectivity index (χ1n) is 20.5. The summed E-state index contributed by atoms with van der Waals surface area (Å²) in [4.78, 5) is 43.7. The Bertz CT molecular complexity index is 1890. The number of hydrogen-bond acceptors (Lipinski definition) is 8. The summed E-state index contributed by atoms with van der Waals surface area (Å²) in [5.41, 5.74) is 2.32. The molecule has 2 amide bonds. The van der Waals surface area contributed by atoms with Crippen LogP contribution < -0.4 is 14.2 Å². The van der Waals surface area contributed by atoms with Crippen molar-refractivity contribution in [3.8, 4) is 17.2 Å². The number of likely N-dealkylation sites (tertiary alicyclic amines) is 1. The van der Waals surface area contributed by atoms with Crippen molar-refractivity contribution in [2.24, 2.45) is 11.3 Å². The van der Waals surface area contributed by atoms with Gasteiger partial charge in [-0.15, -0.1) is 0 Å². The van der Waals surface area contributed by atoms with Crippen LogP contribution in [0, 0.1) is 18.3 Å². The number of piperidine rings is 1. The Morgan fingerprint density at radius 2 is 1.47 bits per heavy atom. The summed E-state index contributed by atoms with van der Waals surface area (Å²) in [6, 6.07) is 17.5. The highest BCUT2D eigenvalue weighted by Gasteiger charge is 2.43. The van der Waals surface area contributed by atoms with Gasteiger partial charge >= 0.3 is 12.1 Å². The summed E-state index contributed by atoms with van der Waals surface area (Å²) in [7, 11) is 1.68. The summed E-state index contributed by atoms with van der Waals surface area (Å²) >= 11 is 12.7. The number of carboxylic acid groups (broad SMARTS) is 1. The molecule has 5 rings (SSSR count). The van der Waals surface area contributed by atoms with Crippen LogP contribution in [0.25, 0.3) is 0 Å². The smallest absolute Gasteiger partial charge is 0.410 e. The molecule has 1 aliphatic carbocycles. The molecule has 0 unspecified atom stereocenters. The van der Waals surface area contributed by atoms with E-state index in [4.69, 9.17) is 46.9 Å². The first-order chi connectivity index (χ1) is 27.9. The maximum absolute atomic E-state index is 15.0. The van der Waals surface area contributed by atoms with Gasteiger partial charge in [-0.2, -0.15) is 0 Å². The SMILES string of the molecule is COCCCc1cc(CN(C(=O)[C@H]2CN(C(=O)OC(C)(C)C)CC[C@@H]2c2ccc(OCCOc3c(Cl)cc(C)cc3Cl)cc2)C2CC2)cc(OCCC(C)(C)C(=O)O)c1. The van der Waals surface area contributed by atoms with Crippen LogP contribution in [0.3, 0.4) is 0 Å². The van der Waals surface area contributed by atoms with Gasteiger partial charge < -0.3 is 38.6 Å². The van der Waals surface area contributed by atoms with E-state index < -0.39 is 29.0 Å². The zero-order chi connectivity index (χ0) is 42.9. The minimum atomic E-state index is -0.924. The maximum atomic E-state index is 15.0. The summed E-state index contributed by atoms with van der Waals surface area (Å²) in [5.74, 6) is 0.174. The predicted octanol–water partition coefficient (Wildman–Crippen LogP) is 9.75. The van der Waals surface area contributed by atoms with Gasteiger partial charge in [0.25, 0.3) is 0 Å². The lowest BCUT2D eigenvalue weighted by molar-refractivity contribution is -0.147. The number of carbonyl (C=O) groups excluding carboxylic acids is 2. The van der Waals surface area contributed by atoms with Gasteiger partial charge in [-0.25, -0.2) is 4.79 Å². The van der Waals surface area contributed by atoms with E-state index in [0.717, 1.165) is 47.9 Å². The number of hydrogen-bond donors (Lipinski definition) is 1. The molecule has 0 bridgehead atoms. The van der Waals surface area contributed by atoms with Crippen LogP contribution in [0.1, 0.15) is 94.9 Å². The van der Waals surface area contributed by atoms with Crippen molar-refractivity contribution >= 4 is 41.2 Å². The van der Waals surface area contributed by atoms with Crippen molar-refractivity contribution in [2.45, 2.75) is 104 Å². The number of nitrogens with zero attached hydrogens (tertiary/aromatic N) is 2. The Morgan fingerprint density at radius 1 is 0.831 bits per heavy atom. The average molecular weight is 856 g/mol. The molecule has 59 heavy (non-hydrogen) atoms. The molecule has 322 valence electrons. The van der Waals surface area contributed by atoms with E-state index in [1.807, 2.05) is 69.0 Å². The minimum Gasteiger partial charge on any atom is -0.494 e. The topological polar surface area (TPSA) is 124 Å². The van der Waals surface area contributed by atoms with Crippen molar-refractivity contribution in [3.63, 3.8) is 0 Å². The number of methoxy groups -OCH3 is 1. The van der Waals surface area contributed by atoms with Crippen LogP contribution in [0.4, 0.5) is 4.79 Å². The molecule has 11 nitrogen and oxygen atoms in total. The average Bonchev–Trinajstić information content (AvgIpc) is 4.01. The van der Waals surface area contributed by atoms with E-state index in [1.54, 1.807) is 38.0 Å². The van der Waals surface area contributed by atoms with Crippen LogP contribution in [0.2, 0.25) is 10.0 Å². The molecular formula is C46H60Cl2N2O9. The number of carbonyl (C=O) groups is 3. The second-order valence-electron chi connectivity index (χ2n) is 17.3. The maximum Gasteiger partial charge on any atom is 0.410 e. The van der Waals surface area contributed by atoms with Gasteiger partial charge in [0.1, 0.15) is 30.3 Å². The molecule has 0 aromatic heterocycles. The van der Waals surface area contributed by atoms with Gasteiger partial charge in [0.2, 0.25) is 5.91 Å². The highest BCUT2D eigenvalue weighted by atomic mass is 35.5. The summed E-state index contributed by atoms with van der Waals surface area (Å²) < 4.78 is 29.0. The van der Waals surface area contributed by atoms with Gasteiger partial charge in [-0.05, 0) is 145 Å². The monoisotopic (exact) mass is 854 g/mol. The Morgan fingerprint density at radius 3 is 2.10 bits per heavy atom. The molecule has 0 radical (unpaired) electrons. The Kier molecular flexibility index (Phi) is 15.9. The summed E-state index contributed by atoms with van der Waals surface area (Å²) in [6.45, 7) is 13.2. The number of rotatable bonds is 19. The van der Waals surface area contributed by atoms with Gasteiger partial charge in [-0.1, -0.05) is 41.4 Å². The van der Waals surface area contributed by atoms with Crippen LogP contribution in [-0.2, 0) is 32.0 Å². The standard InChI is InChI=1S/C46H60Cl2N2O9/c1-30-23-39(47)41(40(48)24-30)58-22-21-57-35-14-10-33(11-15-35)37-16-18-49(44(54)59-45(2,3)4)29-38(37)42(51)50(34-12-13-34)28-32-25-31(9-8-19-55-7)26-36(27-32)56-20-17-46(5,6)43(52)53/h10-11,14-15,23-27,34,37-38H,8-9,12-13,16-22,28-29H2,1-7H3,(H,52,53)/t37-,38+/m1/s1. The highest BCUT2D eigenvalue weighted by molar-refractivity contribution is 6.37. The van der Waals surface area contributed by atoms with Crippen molar-refractivity contribution in [1.29, 1.82) is 0 Å². The number of benzene rings is 3. The van der Waals surface area contributed by atoms with E-state index in [9.17, 15) is 19.5 Å². The summed E-state index contributed by atoms with van der Waals surface area (Å²) in [6.07, 6.45) is 3.87. The minimum absolute atomic E-state index is 0.00729. The van der Waals surface area contributed by atoms with Crippen molar-refractivity contribution in [1.82, 2.24) is 9.80 Å². The molecule has 1 heterocycles. The number of halogens is 2. The van der Waals surface area contributed by atoms with E-state index in [-0.39, 0.29) is 44.2 Å². The molecule has 3 aromatic carbocycles. The third-order valence-corrected chi connectivity index (χ3v) is 11.2. The second-order valence-corrected chi connectivity index (χ2v) is 18.1. The molecule has 2 atom stereocenters. The largest absolute Gasteiger partial charge is 0.494 e. The predicted molar refractivity (Wildman–Crippen MR) is 229 cm³/mol. The van der Waals surface area contributed by atoms with Gasteiger partial charge in [0.05, 0.1) is 28.0 Å². The van der Waals surface area contributed by atoms with Gasteiger partial charge in [0, 0.05) is 39.4 Å². The molecule has 2 fully saturated rings.